The van der Waals surface area contributed by atoms with Gasteiger partial charge in [-0.15, -0.1) is 0 Å². The summed E-state index contributed by atoms with van der Waals surface area (Å²) >= 11 is 0. The highest BCUT2D eigenvalue weighted by atomic mass is 16.2. The summed E-state index contributed by atoms with van der Waals surface area (Å²) in [7, 11) is 0. The number of aryl methyl sites for hydroxylation is 1. The van der Waals surface area contributed by atoms with Crippen LogP contribution in [0.4, 0.5) is 5.82 Å². The molecule has 2 aliphatic rings. The zero-order valence-corrected chi connectivity index (χ0v) is 17.0. The Morgan fingerprint density at radius 2 is 1.86 bits per heavy atom. The smallest absolute Gasteiger partial charge is 0.255 e. The third kappa shape index (κ3) is 3.60. The van der Waals surface area contributed by atoms with E-state index in [0.717, 1.165) is 34.5 Å². The van der Waals surface area contributed by atoms with Gasteiger partial charge in [-0.2, -0.15) is 0 Å². The van der Waals surface area contributed by atoms with Gasteiger partial charge in [0.1, 0.15) is 5.82 Å². The number of amides is 1. The summed E-state index contributed by atoms with van der Waals surface area (Å²) in [6.07, 6.45) is 2.97. The van der Waals surface area contributed by atoms with E-state index in [1.54, 1.807) is 18.3 Å². The molecule has 0 unspecified atom stereocenters. The predicted octanol–water partition coefficient (Wildman–Crippen LogP) is 4.24. The first-order valence-electron chi connectivity index (χ1n) is 9.97. The summed E-state index contributed by atoms with van der Waals surface area (Å²) in [6, 6.07) is 13.4. The largest absolute Gasteiger partial charge is 0.362 e. The molecule has 0 bridgehead atoms. The molecule has 1 amide bonds. The molecular formula is C24H25N3O2. The number of nitrogens with zero attached hydrogens (tertiary/aromatic N) is 1. The zero-order chi connectivity index (χ0) is 20.5. The average molecular weight is 387 g/mol. The first kappa shape index (κ1) is 19.1. The van der Waals surface area contributed by atoms with Crippen LogP contribution in [0.1, 0.15) is 43.7 Å². The second-order valence-electron chi connectivity index (χ2n) is 7.95. The minimum Gasteiger partial charge on any atom is -0.362 e. The topological polar surface area (TPSA) is 71.1 Å². The van der Waals surface area contributed by atoms with Gasteiger partial charge in [-0.1, -0.05) is 37.3 Å². The number of rotatable bonds is 3. The Morgan fingerprint density at radius 1 is 1.10 bits per heavy atom. The van der Waals surface area contributed by atoms with Crippen molar-refractivity contribution in [3.05, 3.63) is 82.3 Å². The van der Waals surface area contributed by atoms with Crippen molar-refractivity contribution in [3.63, 3.8) is 0 Å². The average Bonchev–Trinajstić information content (AvgIpc) is 2.67. The van der Waals surface area contributed by atoms with Crippen molar-refractivity contribution in [1.29, 1.82) is 0 Å². The number of allylic oxidation sites excluding steroid dienone is 3. The van der Waals surface area contributed by atoms with E-state index in [2.05, 4.69) is 22.5 Å². The standard InChI is InChI=1S/C24H25N3O2/c1-14-12-18-23(19(28)13-14)22(17-9-5-4-8-15(17)2)21(16(3)26-18)24(29)27-20-10-6-7-11-25-20/h4-11,14,22,26H,12-13H2,1-3H3,(H,25,27,29)/t14-,22+/m0/s1. The number of pyridine rings is 1. The third-order valence-corrected chi connectivity index (χ3v) is 5.68. The molecule has 148 valence electrons. The van der Waals surface area contributed by atoms with Gasteiger partial charge in [0.05, 0.1) is 0 Å². The zero-order valence-electron chi connectivity index (χ0n) is 17.0. The molecule has 5 heteroatoms. The SMILES string of the molecule is CC1=C(C(=O)Nc2ccccn2)[C@@H](c2ccccc2C)C2=C(C[C@H](C)CC2=O)N1. The van der Waals surface area contributed by atoms with Crippen LogP contribution in [0, 0.1) is 12.8 Å². The van der Waals surface area contributed by atoms with Crippen molar-refractivity contribution in [3.8, 4) is 0 Å². The minimum absolute atomic E-state index is 0.120. The Balaban J connectivity index is 1.82. The van der Waals surface area contributed by atoms with Crippen molar-refractivity contribution >= 4 is 17.5 Å². The van der Waals surface area contributed by atoms with Crippen LogP contribution in [0.2, 0.25) is 0 Å². The van der Waals surface area contributed by atoms with Gasteiger partial charge in [-0.3, -0.25) is 9.59 Å². The monoisotopic (exact) mass is 387 g/mol. The molecule has 0 saturated carbocycles. The Kier molecular flexibility index (Phi) is 5.05. The quantitative estimate of drug-likeness (QED) is 0.826. The van der Waals surface area contributed by atoms with Crippen LogP contribution >= 0.6 is 0 Å². The number of carbonyl (C=O) groups excluding carboxylic acids is 2. The lowest BCUT2D eigenvalue weighted by atomic mass is 9.72. The van der Waals surface area contributed by atoms with E-state index in [4.69, 9.17) is 0 Å². The number of aromatic nitrogens is 1. The van der Waals surface area contributed by atoms with Crippen LogP contribution in [-0.4, -0.2) is 16.7 Å². The molecule has 1 aromatic carbocycles. The van der Waals surface area contributed by atoms with E-state index in [-0.39, 0.29) is 17.6 Å². The summed E-state index contributed by atoms with van der Waals surface area (Å²) in [5, 5.41) is 6.27. The van der Waals surface area contributed by atoms with Gasteiger partial charge in [0.15, 0.2) is 5.78 Å². The molecule has 1 aliphatic heterocycles. The van der Waals surface area contributed by atoms with Crippen LogP contribution < -0.4 is 10.6 Å². The number of hydrogen-bond acceptors (Lipinski definition) is 4. The van der Waals surface area contributed by atoms with Crippen LogP contribution in [0.3, 0.4) is 0 Å². The molecule has 0 radical (unpaired) electrons. The van der Waals surface area contributed by atoms with Gasteiger partial charge in [0, 0.05) is 41.1 Å². The second-order valence-corrected chi connectivity index (χ2v) is 7.95. The molecule has 29 heavy (non-hydrogen) atoms. The summed E-state index contributed by atoms with van der Waals surface area (Å²) in [5.74, 6) is 0.291. The normalized spacial score (nSPS) is 21.6. The fraction of sp³-hybridized carbons (Fsp3) is 0.292. The number of dihydropyridines is 1. The summed E-state index contributed by atoms with van der Waals surface area (Å²) in [4.78, 5) is 30.6. The van der Waals surface area contributed by atoms with Crippen LogP contribution in [0.15, 0.2) is 71.2 Å². The molecule has 2 N–H and O–H groups in total. The van der Waals surface area contributed by atoms with Gasteiger partial charge in [-0.05, 0) is 49.4 Å². The van der Waals surface area contributed by atoms with E-state index in [1.165, 1.54) is 0 Å². The number of Topliss-reactive ketones (excluding diaryl/α,β-unsaturated/α-hetero) is 1. The van der Waals surface area contributed by atoms with E-state index < -0.39 is 0 Å². The van der Waals surface area contributed by atoms with Crippen molar-refractivity contribution in [2.24, 2.45) is 5.92 Å². The van der Waals surface area contributed by atoms with Gasteiger partial charge in [-0.25, -0.2) is 4.98 Å². The highest BCUT2D eigenvalue weighted by Crippen LogP contribution is 2.44. The molecular weight excluding hydrogens is 362 g/mol. The third-order valence-electron chi connectivity index (χ3n) is 5.68. The Bertz CT molecular complexity index is 1040. The van der Waals surface area contributed by atoms with Gasteiger partial charge >= 0.3 is 0 Å². The van der Waals surface area contributed by atoms with Crippen molar-refractivity contribution < 1.29 is 9.59 Å². The van der Waals surface area contributed by atoms with Gasteiger partial charge in [0.2, 0.25) is 0 Å². The summed E-state index contributed by atoms with van der Waals surface area (Å²) < 4.78 is 0. The van der Waals surface area contributed by atoms with E-state index >= 15 is 0 Å². The fourth-order valence-electron chi connectivity index (χ4n) is 4.38. The Morgan fingerprint density at radius 3 is 2.59 bits per heavy atom. The lowest BCUT2D eigenvalue weighted by Crippen LogP contribution is -2.37. The van der Waals surface area contributed by atoms with Crippen molar-refractivity contribution in [1.82, 2.24) is 10.3 Å². The maximum atomic E-state index is 13.3. The number of ketones is 1. The lowest BCUT2D eigenvalue weighted by molar-refractivity contribution is -0.117. The van der Waals surface area contributed by atoms with Crippen molar-refractivity contribution in [2.45, 2.75) is 39.5 Å². The summed E-state index contributed by atoms with van der Waals surface area (Å²) in [5.41, 5.74) is 5.10. The molecule has 5 nitrogen and oxygen atoms in total. The number of nitrogens with one attached hydrogen (secondary N) is 2. The molecule has 0 fully saturated rings. The molecule has 0 saturated heterocycles. The maximum absolute atomic E-state index is 13.3. The second kappa shape index (κ2) is 7.66. The van der Waals surface area contributed by atoms with Crippen LogP contribution in [-0.2, 0) is 9.59 Å². The Labute approximate surface area is 170 Å². The van der Waals surface area contributed by atoms with Crippen molar-refractivity contribution in [2.75, 3.05) is 5.32 Å². The minimum atomic E-state index is -0.379. The van der Waals surface area contributed by atoms with Gasteiger partial charge in [0.25, 0.3) is 5.91 Å². The maximum Gasteiger partial charge on any atom is 0.255 e. The molecule has 2 aromatic rings. The number of carbonyl (C=O) groups is 2. The molecule has 2 atom stereocenters. The number of benzene rings is 1. The fourth-order valence-corrected chi connectivity index (χ4v) is 4.38. The Hall–Kier alpha value is -3.21. The number of anilines is 1. The van der Waals surface area contributed by atoms with Crippen LogP contribution in [0.25, 0.3) is 0 Å². The molecule has 1 aromatic heterocycles. The molecule has 2 heterocycles. The van der Waals surface area contributed by atoms with E-state index in [0.29, 0.717) is 23.7 Å². The van der Waals surface area contributed by atoms with Gasteiger partial charge < -0.3 is 10.6 Å². The predicted molar refractivity (Wildman–Crippen MR) is 113 cm³/mol. The lowest BCUT2D eigenvalue weighted by Gasteiger charge is -2.36. The number of hydrogen-bond donors (Lipinski definition) is 2. The molecule has 1 aliphatic carbocycles. The van der Waals surface area contributed by atoms with Crippen LogP contribution in [0.5, 0.6) is 0 Å². The highest BCUT2D eigenvalue weighted by molar-refractivity contribution is 6.09. The summed E-state index contributed by atoms with van der Waals surface area (Å²) in [6.45, 7) is 6.03. The first-order chi connectivity index (χ1) is 14.0. The highest BCUT2D eigenvalue weighted by Gasteiger charge is 2.40. The molecule has 4 rings (SSSR count). The first-order valence-corrected chi connectivity index (χ1v) is 9.97. The molecule has 0 spiro atoms. The van der Waals surface area contributed by atoms with E-state index in [9.17, 15) is 9.59 Å². The van der Waals surface area contributed by atoms with E-state index in [1.807, 2.05) is 44.2 Å².